The van der Waals surface area contributed by atoms with E-state index in [9.17, 15) is 4.79 Å². The molecular formula is C25H40N2O. The number of nitrogens with zero attached hydrogens (tertiary/aromatic N) is 2. The number of amides is 1. The molecule has 1 aliphatic rings. The highest BCUT2D eigenvalue weighted by molar-refractivity contribution is 5.76. The second kappa shape index (κ2) is 14.4. The summed E-state index contributed by atoms with van der Waals surface area (Å²) in [4.78, 5) is 16.9. The summed E-state index contributed by atoms with van der Waals surface area (Å²) < 4.78 is 0. The van der Waals surface area contributed by atoms with Crippen molar-refractivity contribution in [2.45, 2.75) is 71.1 Å². The van der Waals surface area contributed by atoms with Crippen LogP contribution < -0.4 is 0 Å². The summed E-state index contributed by atoms with van der Waals surface area (Å²) in [6, 6.07) is 10.4. The Bertz CT molecular complexity index is 547. The molecule has 2 rings (SSSR count). The number of carbonyl (C=O) groups is 1. The molecule has 0 saturated carbocycles. The summed E-state index contributed by atoms with van der Waals surface area (Å²) >= 11 is 0. The Morgan fingerprint density at radius 3 is 2.11 bits per heavy atom. The number of piperazine rings is 1. The van der Waals surface area contributed by atoms with E-state index in [0.29, 0.717) is 5.91 Å². The molecular weight excluding hydrogens is 344 g/mol. The lowest BCUT2D eigenvalue weighted by molar-refractivity contribution is -0.133. The Morgan fingerprint density at radius 2 is 1.46 bits per heavy atom. The van der Waals surface area contributed by atoms with Crippen LogP contribution in [0.2, 0.25) is 0 Å². The number of hydrogen-bond acceptors (Lipinski definition) is 2. The molecule has 3 heteroatoms. The summed E-state index contributed by atoms with van der Waals surface area (Å²) in [6.45, 7) is 6.98. The van der Waals surface area contributed by atoms with Crippen LogP contribution in [0.5, 0.6) is 0 Å². The molecule has 3 nitrogen and oxygen atoms in total. The fraction of sp³-hybridized carbons (Fsp3) is 0.640. The predicted octanol–water partition coefficient (Wildman–Crippen LogP) is 5.76. The van der Waals surface area contributed by atoms with Gasteiger partial charge in [0.2, 0.25) is 5.91 Å². The topological polar surface area (TPSA) is 23.6 Å². The Balaban J connectivity index is 1.49. The largest absolute Gasteiger partial charge is 0.340 e. The van der Waals surface area contributed by atoms with Gasteiger partial charge in [-0.15, -0.1) is 0 Å². The minimum atomic E-state index is 0.363. The molecule has 1 saturated heterocycles. The van der Waals surface area contributed by atoms with Crippen LogP contribution in [0.1, 0.15) is 76.7 Å². The number of carbonyl (C=O) groups excluding carboxylic acids is 1. The van der Waals surface area contributed by atoms with Crippen molar-refractivity contribution < 1.29 is 4.79 Å². The van der Waals surface area contributed by atoms with Gasteiger partial charge < -0.3 is 4.90 Å². The molecule has 0 N–H and O–H groups in total. The average molecular weight is 385 g/mol. The van der Waals surface area contributed by atoms with Gasteiger partial charge in [0.05, 0.1) is 0 Å². The summed E-state index contributed by atoms with van der Waals surface area (Å²) in [6.07, 6.45) is 16.9. The molecule has 156 valence electrons. The van der Waals surface area contributed by atoms with E-state index >= 15 is 0 Å². The van der Waals surface area contributed by atoms with Crippen molar-refractivity contribution in [1.82, 2.24) is 9.80 Å². The van der Waals surface area contributed by atoms with Crippen LogP contribution in [0.25, 0.3) is 6.08 Å². The molecule has 0 aliphatic carbocycles. The quantitative estimate of drug-likeness (QED) is 0.403. The van der Waals surface area contributed by atoms with E-state index in [4.69, 9.17) is 0 Å². The first-order valence-corrected chi connectivity index (χ1v) is 11.5. The molecule has 0 atom stereocenters. The van der Waals surface area contributed by atoms with Crippen molar-refractivity contribution in [3.8, 4) is 0 Å². The summed E-state index contributed by atoms with van der Waals surface area (Å²) in [5, 5.41) is 0. The number of hydrogen-bond donors (Lipinski definition) is 0. The van der Waals surface area contributed by atoms with Crippen LogP contribution in [0.15, 0.2) is 36.4 Å². The second-order valence-electron chi connectivity index (χ2n) is 8.07. The minimum Gasteiger partial charge on any atom is -0.340 e. The predicted molar refractivity (Wildman–Crippen MR) is 120 cm³/mol. The van der Waals surface area contributed by atoms with E-state index in [1.807, 2.05) is 6.07 Å². The van der Waals surface area contributed by atoms with Crippen LogP contribution in [0.4, 0.5) is 0 Å². The minimum absolute atomic E-state index is 0.363. The number of unbranched alkanes of at least 4 members (excludes halogenated alkanes) is 8. The van der Waals surface area contributed by atoms with Crippen molar-refractivity contribution in [3.63, 3.8) is 0 Å². The molecule has 1 fully saturated rings. The molecule has 0 spiro atoms. The van der Waals surface area contributed by atoms with Crippen LogP contribution >= 0.6 is 0 Å². The molecule has 1 amide bonds. The first kappa shape index (κ1) is 22.7. The van der Waals surface area contributed by atoms with Crippen LogP contribution in [0.3, 0.4) is 0 Å². The number of benzene rings is 1. The Hall–Kier alpha value is -1.61. The van der Waals surface area contributed by atoms with Gasteiger partial charge in [-0.3, -0.25) is 9.69 Å². The maximum atomic E-state index is 12.4. The third-order valence-corrected chi connectivity index (χ3v) is 5.69. The zero-order valence-electron chi connectivity index (χ0n) is 18.0. The van der Waals surface area contributed by atoms with E-state index < -0.39 is 0 Å². The summed E-state index contributed by atoms with van der Waals surface area (Å²) in [5.41, 5.74) is 1.25. The van der Waals surface area contributed by atoms with E-state index in [1.54, 1.807) is 0 Å². The van der Waals surface area contributed by atoms with Gasteiger partial charge in [0.15, 0.2) is 0 Å². The lowest BCUT2D eigenvalue weighted by Gasteiger charge is -2.34. The van der Waals surface area contributed by atoms with Crippen molar-refractivity contribution in [2.24, 2.45) is 0 Å². The summed E-state index contributed by atoms with van der Waals surface area (Å²) in [7, 11) is 0. The van der Waals surface area contributed by atoms with E-state index in [-0.39, 0.29) is 0 Å². The van der Waals surface area contributed by atoms with Crippen molar-refractivity contribution in [2.75, 3.05) is 32.7 Å². The highest BCUT2D eigenvalue weighted by atomic mass is 16.2. The zero-order chi connectivity index (χ0) is 19.9. The zero-order valence-corrected chi connectivity index (χ0v) is 18.0. The van der Waals surface area contributed by atoms with Crippen molar-refractivity contribution in [3.05, 3.63) is 42.0 Å². The molecule has 1 aliphatic heterocycles. The van der Waals surface area contributed by atoms with Gasteiger partial charge in [-0.1, -0.05) is 101 Å². The summed E-state index contributed by atoms with van der Waals surface area (Å²) in [5.74, 6) is 0.363. The molecule has 1 aromatic carbocycles. The van der Waals surface area contributed by atoms with Gasteiger partial charge in [-0.05, 0) is 12.0 Å². The Kier molecular flexibility index (Phi) is 11.7. The highest BCUT2D eigenvalue weighted by Crippen LogP contribution is 2.12. The molecule has 1 aromatic rings. The monoisotopic (exact) mass is 384 g/mol. The smallest absolute Gasteiger partial charge is 0.222 e. The Labute approximate surface area is 172 Å². The maximum absolute atomic E-state index is 12.4. The molecule has 0 aromatic heterocycles. The third-order valence-electron chi connectivity index (χ3n) is 5.69. The molecule has 28 heavy (non-hydrogen) atoms. The van der Waals surface area contributed by atoms with E-state index in [0.717, 1.165) is 45.6 Å². The van der Waals surface area contributed by atoms with Gasteiger partial charge in [-0.25, -0.2) is 0 Å². The third kappa shape index (κ3) is 9.54. The van der Waals surface area contributed by atoms with Crippen LogP contribution in [0, 0.1) is 0 Å². The lowest BCUT2D eigenvalue weighted by atomic mass is 10.1. The Morgan fingerprint density at radius 1 is 0.857 bits per heavy atom. The van der Waals surface area contributed by atoms with E-state index in [2.05, 4.69) is 53.1 Å². The first-order valence-electron chi connectivity index (χ1n) is 11.5. The number of rotatable bonds is 13. The first-order chi connectivity index (χ1) is 13.8. The molecule has 0 unspecified atom stereocenters. The van der Waals surface area contributed by atoms with Gasteiger partial charge in [0.1, 0.15) is 0 Å². The highest BCUT2D eigenvalue weighted by Gasteiger charge is 2.19. The normalized spacial score (nSPS) is 15.4. The van der Waals surface area contributed by atoms with Gasteiger partial charge in [-0.2, -0.15) is 0 Å². The molecule has 0 bridgehead atoms. The SMILES string of the molecule is CCCCCCCCCCCC(=O)N1CCN(C/C=C/c2ccccc2)CC1. The van der Waals surface area contributed by atoms with E-state index in [1.165, 1.54) is 56.9 Å². The fourth-order valence-corrected chi connectivity index (χ4v) is 3.83. The molecule has 0 radical (unpaired) electrons. The average Bonchev–Trinajstić information content (AvgIpc) is 2.74. The maximum Gasteiger partial charge on any atom is 0.222 e. The van der Waals surface area contributed by atoms with Gasteiger partial charge >= 0.3 is 0 Å². The lowest BCUT2D eigenvalue weighted by Crippen LogP contribution is -2.48. The van der Waals surface area contributed by atoms with Crippen LogP contribution in [-0.2, 0) is 4.79 Å². The van der Waals surface area contributed by atoms with Crippen molar-refractivity contribution >= 4 is 12.0 Å². The second-order valence-corrected chi connectivity index (χ2v) is 8.07. The molecule has 1 heterocycles. The van der Waals surface area contributed by atoms with Gasteiger partial charge in [0.25, 0.3) is 0 Å². The van der Waals surface area contributed by atoms with Gasteiger partial charge in [0, 0.05) is 39.1 Å². The van der Waals surface area contributed by atoms with Crippen LogP contribution in [-0.4, -0.2) is 48.4 Å². The fourth-order valence-electron chi connectivity index (χ4n) is 3.83. The standard InChI is InChI=1S/C25H40N2O/c1-2-3-4-5-6-7-8-9-13-18-25(28)27-22-20-26(21-23-27)19-14-17-24-15-11-10-12-16-24/h10-12,14-17H,2-9,13,18-23H2,1H3/b17-14+. The van der Waals surface area contributed by atoms with Crippen molar-refractivity contribution in [1.29, 1.82) is 0 Å².